The molecule has 0 N–H and O–H groups in total. The summed E-state index contributed by atoms with van der Waals surface area (Å²) < 4.78 is 2.19. The van der Waals surface area contributed by atoms with Gasteiger partial charge in [-0.3, -0.25) is 4.57 Å². The topological polar surface area (TPSA) is 17.8 Å². The average Bonchev–Trinajstić information content (AvgIpc) is 2.96. The molecule has 0 aliphatic rings. The zero-order valence-electron chi connectivity index (χ0n) is 14.0. The van der Waals surface area contributed by atoms with Crippen LogP contribution in [0.4, 0.5) is 0 Å². The molecule has 2 aromatic carbocycles. The molecule has 0 unspecified atom stereocenters. The lowest BCUT2D eigenvalue weighted by Gasteiger charge is -2.15. The third-order valence-electron chi connectivity index (χ3n) is 4.08. The lowest BCUT2D eigenvalue weighted by molar-refractivity contribution is 1.03. The van der Waals surface area contributed by atoms with Crippen molar-refractivity contribution in [1.82, 2.24) is 9.55 Å². The van der Waals surface area contributed by atoms with Gasteiger partial charge in [0.15, 0.2) is 0 Å². The van der Waals surface area contributed by atoms with Crippen molar-refractivity contribution < 1.29 is 0 Å². The maximum Gasteiger partial charge on any atom is 0.144 e. The van der Waals surface area contributed by atoms with E-state index in [9.17, 15) is 0 Å². The van der Waals surface area contributed by atoms with E-state index in [4.69, 9.17) is 0 Å². The molecule has 3 rings (SSSR count). The van der Waals surface area contributed by atoms with E-state index in [2.05, 4.69) is 73.3 Å². The van der Waals surface area contributed by atoms with Gasteiger partial charge < -0.3 is 0 Å². The molecular formula is C21H22N2. The lowest BCUT2D eigenvalue weighted by Crippen LogP contribution is -2.02. The Morgan fingerprint density at radius 3 is 2.52 bits per heavy atom. The highest BCUT2D eigenvalue weighted by atomic mass is 15.1. The van der Waals surface area contributed by atoms with E-state index in [0.717, 1.165) is 17.8 Å². The maximum atomic E-state index is 4.61. The Bertz CT molecular complexity index is 833. The van der Waals surface area contributed by atoms with Crippen molar-refractivity contribution in [3.8, 4) is 17.1 Å². The molecule has 2 nitrogen and oxygen atoms in total. The fourth-order valence-corrected chi connectivity index (χ4v) is 3.25. The van der Waals surface area contributed by atoms with Gasteiger partial charge in [-0.2, -0.15) is 0 Å². The van der Waals surface area contributed by atoms with Crippen LogP contribution in [0.15, 0.2) is 61.4 Å². The lowest BCUT2D eigenvalue weighted by atomic mass is 10.0. The minimum absolute atomic E-state index is 0.872. The summed E-state index contributed by atoms with van der Waals surface area (Å²) in [5.74, 6) is 0.978. The molecule has 23 heavy (non-hydrogen) atoms. The minimum Gasteiger partial charge on any atom is -0.299 e. The van der Waals surface area contributed by atoms with E-state index in [1.807, 2.05) is 18.5 Å². The fourth-order valence-electron chi connectivity index (χ4n) is 3.25. The van der Waals surface area contributed by atoms with Crippen molar-refractivity contribution >= 4 is 0 Å². The molecule has 0 amide bonds. The molecule has 0 saturated heterocycles. The zero-order valence-corrected chi connectivity index (χ0v) is 14.0. The summed E-state index contributed by atoms with van der Waals surface area (Å²) in [6, 6.07) is 13.0. The molecule has 0 saturated carbocycles. The number of hydrogen-bond donors (Lipinski definition) is 0. The first-order valence-corrected chi connectivity index (χ1v) is 7.92. The molecule has 0 radical (unpaired) electrons. The Balaban J connectivity index is 2.14. The van der Waals surface area contributed by atoms with E-state index < -0.39 is 0 Å². The summed E-state index contributed by atoms with van der Waals surface area (Å²) in [4.78, 5) is 4.61. The van der Waals surface area contributed by atoms with Crippen molar-refractivity contribution in [3.05, 3.63) is 83.7 Å². The number of aromatic nitrogens is 2. The van der Waals surface area contributed by atoms with Crippen molar-refractivity contribution in [2.45, 2.75) is 27.2 Å². The van der Waals surface area contributed by atoms with Crippen molar-refractivity contribution in [2.75, 3.05) is 0 Å². The van der Waals surface area contributed by atoms with Crippen molar-refractivity contribution in [1.29, 1.82) is 0 Å². The molecule has 1 aromatic heterocycles. The normalized spacial score (nSPS) is 10.7. The van der Waals surface area contributed by atoms with Crippen LogP contribution < -0.4 is 0 Å². The monoisotopic (exact) mass is 302 g/mol. The van der Waals surface area contributed by atoms with E-state index >= 15 is 0 Å². The summed E-state index contributed by atoms with van der Waals surface area (Å²) in [6.07, 6.45) is 6.71. The second-order valence-corrected chi connectivity index (χ2v) is 6.06. The molecule has 1 heterocycles. The van der Waals surface area contributed by atoms with Gasteiger partial charge in [0.25, 0.3) is 0 Å². The highest BCUT2D eigenvalue weighted by Crippen LogP contribution is 2.27. The largest absolute Gasteiger partial charge is 0.299 e. The Kier molecular flexibility index (Phi) is 4.16. The van der Waals surface area contributed by atoms with Crippen LogP contribution in [0.25, 0.3) is 17.1 Å². The Morgan fingerprint density at radius 1 is 1.09 bits per heavy atom. The number of rotatable bonds is 4. The predicted octanol–water partition coefficient (Wildman–Crippen LogP) is 5.19. The fraction of sp³-hybridized carbons (Fsp3) is 0.190. The molecule has 0 atom stereocenters. The summed E-state index contributed by atoms with van der Waals surface area (Å²) in [5, 5.41) is 0. The number of aryl methyl sites for hydroxylation is 3. The third-order valence-corrected chi connectivity index (χ3v) is 4.08. The molecule has 0 aliphatic carbocycles. The highest BCUT2D eigenvalue weighted by molar-refractivity contribution is 5.62. The molecule has 116 valence electrons. The van der Waals surface area contributed by atoms with Gasteiger partial charge in [0, 0.05) is 18.0 Å². The zero-order chi connectivity index (χ0) is 16.4. The van der Waals surface area contributed by atoms with Crippen molar-refractivity contribution in [2.24, 2.45) is 0 Å². The first-order valence-electron chi connectivity index (χ1n) is 7.92. The molecule has 0 aliphatic heterocycles. The standard InChI is InChI=1S/C21H22N2/c1-5-7-18-8-6-9-19(14-18)21-22-10-11-23(21)20-16(3)12-15(2)13-17(20)4/h5-6,8-14H,1,7H2,2-4H3. The summed E-state index contributed by atoms with van der Waals surface area (Å²) in [7, 11) is 0. The van der Waals surface area contributed by atoms with E-state index in [0.29, 0.717) is 0 Å². The van der Waals surface area contributed by atoms with Gasteiger partial charge in [0.05, 0.1) is 5.69 Å². The van der Waals surface area contributed by atoms with Gasteiger partial charge in [0.1, 0.15) is 5.82 Å². The second kappa shape index (κ2) is 6.25. The number of nitrogens with zero attached hydrogens (tertiary/aromatic N) is 2. The van der Waals surface area contributed by atoms with Crippen LogP contribution in [-0.2, 0) is 6.42 Å². The molecule has 0 fully saturated rings. The maximum absolute atomic E-state index is 4.61. The third kappa shape index (κ3) is 2.98. The van der Waals surface area contributed by atoms with Crippen LogP contribution in [0.5, 0.6) is 0 Å². The number of allylic oxidation sites excluding steroid dienone is 1. The van der Waals surface area contributed by atoms with E-state index in [-0.39, 0.29) is 0 Å². The Morgan fingerprint density at radius 2 is 1.83 bits per heavy atom. The molecular weight excluding hydrogens is 280 g/mol. The van der Waals surface area contributed by atoms with Crippen LogP contribution in [0.2, 0.25) is 0 Å². The van der Waals surface area contributed by atoms with Gasteiger partial charge in [0.2, 0.25) is 0 Å². The quantitative estimate of drug-likeness (QED) is 0.606. The highest BCUT2D eigenvalue weighted by Gasteiger charge is 2.12. The molecule has 0 spiro atoms. The minimum atomic E-state index is 0.872. The van der Waals surface area contributed by atoms with Gasteiger partial charge in [-0.1, -0.05) is 42.0 Å². The van der Waals surface area contributed by atoms with Crippen LogP contribution in [0.1, 0.15) is 22.3 Å². The molecule has 2 heteroatoms. The number of hydrogen-bond acceptors (Lipinski definition) is 1. The van der Waals surface area contributed by atoms with Gasteiger partial charge in [-0.15, -0.1) is 6.58 Å². The average molecular weight is 302 g/mol. The van der Waals surface area contributed by atoms with Crippen LogP contribution >= 0.6 is 0 Å². The first kappa shape index (κ1) is 15.3. The SMILES string of the molecule is C=CCc1cccc(-c2nccn2-c2c(C)cc(C)cc2C)c1. The van der Waals surface area contributed by atoms with E-state index in [1.165, 1.54) is 27.9 Å². The Hall–Kier alpha value is -2.61. The van der Waals surface area contributed by atoms with Gasteiger partial charge in [-0.05, 0) is 49.9 Å². The van der Waals surface area contributed by atoms with Crippen LogP contribution in [-0.4, -0.2) is 9.55 Å². The number of benzene rings is 2. The predicted molar refractivity (Wildman–Crippen MR) is 97.1 cm³/mol. The van der Waals surface area contributed by atoms with Crippen LogP contribution in [0, 0.1) is 20.8 Å². The van der Waals surface area contributed by atoms with Crippen LogP contribution in [0.3, 0.4) is 0 Å². The smallest absolute Gasteiger partial charge is 0.144 e. The van der Waals surface area contributed by atoms with Crippen molar-refractivity contribution in [3.63, 3.8) is 0 Å². The summed E-state index contributed by atoms with van der Waals surface area (Å²) in [6.45, 7) is 10.3. The van der Waals surface area contributed by atoms with E-state index in [1.54, 1.807) is 0 Å². The molecule has 3 aromatic rings. The first-order chi connectivity index (χ1) is 11.1. The second-order valence-electron chi connectivity index (χ2n) is 6.06. The van der Waals surface area contributed by atoms with Gasteiger partial charge >= 0.3 is 0 Å². The molecule has 0 bridgehead atoms. The summed E-state index contributed by atoms with van der Waals surface area (Å²) in [5.41, 5.74) is 7.43. The number of imidazole rings is 1. The van der Waals surface area contributed by atoms with Gasteiger partial charge in [-0.25, -0.2) is 4.98 Å². The Labute approximate surface area is 138 Å². The summed E-state index contributed by atoms with van der Waals surface area (Å²) >= 11 is 0.